The van der Waals surface area contributed by atoms with Crippen molar-refractivity contribution in [2.45, 2.75) is 33.1 Å². The normalized spacial score (nSPS) is 12.7. The van der Waals surface area contributed by atoms with Gasteiger partial charge in [-0.3, -0.25) is 4.99 Å². The van der Waals surface area contributed by atoms with Gasteiger partial charge in [0.25, 0.3) is 0 Å². The Bertz CT molecular complexity index is 363. The summed E-state index contributed by atoms with van der Waals surface area (Å²) < 4.78 is 0. The van der Waals surface area contributed by atoms with Gasteiger partial charge in [-0.25, -0.2) is 0 Å². The van der Waals surface area contributed by atoms with E-state index in [1.807, 2.05) is 13.0 Å². The lowest BCUT2D eigenvalue weighted by molar-refractivity contribution is 0.590. The van der Waals surface area contributed by atoms with Crippen molar-refractivity contribution in [3.63, 3.8) is 0 Å². The molecule has 15 heavy (non-hydrogen) atoms. The predicted octanol–water partition coefficient (Wildman–Crippen LogP) is 4.05. The quantitative estimate of drug-likeness (QED) is 0.640. The van der Waals surface area contributed by atoms with E-state index in [1.165, 1.54) is 5.56 Å². The Labute approximate surface area is 92.6 Å². The van der Waals surface area contributed by atoms with Crippen molar-refractivity contribution in [1.29, 1.82) is 0 Å². The Morgan fingerprint density at radius 3 is 2.07 bits per heavy atom. The van der Waals surface area contributed by atoms with Crippen LogP contribution in [0.4, 0.5) is 0 Å². The van der Waals surface area contributed by atoms with Gasteiger partial charge in [-0.1, -0.05) is 51.1 Å². The van der Waals surface area contributed by atoms with Crippen molar-refractivity contribution < 1.29 is 0 Å². The first-order chi connectivity index (χ1) is 6.99. The summed E-state index contributed by atoms with van der Waals surface area (Å²) in [6, 6.07) is 8.52. The van der Waals surface area contributed by atoms with E-state index in [4.69, 9.17) is 0 Å². The highest BCUT2D eigenvalue weighted by Crippen LogP contribution is 2.24. The van der Waals surface area contributed by atoms with Crippen LogP contribution in [0.2, 0.25) is 0 Å². The van der Waals surface area contributed by atoms with Crippen LogP contribution in [0.15, 0.2) is 35.3 Å². The molecule has 80 valence electrons. The molecule has 1 rings (SSSR count). The number of rotatable bonds is 2. The van der Waals surface area contributed by atoms with Crippen LogP contribution in [-0.4, -0.2) is 6.72 Å². The number of benzene rings is 1. The Morgan fingerprint density at radius 1 is 1.20 bits per heavy atom. The molecule has 0 N–H and O–H groups in total. The first kappa shape index (κ1) is 11.7. The fraction of sp³-hybridized carbons (Fsp3) is 0.357. The molecule has 1 heteroatoms. The lowest BCUT2D eigenvalue weighted by atomic mass is 9.86. The molecular formula is C14H19N. The number of nitrogens with zero attached hydrogens (tertiary/aromatic N) is 1. The first-order valence-corrected chi connectivity index (χ1v) is 5.23. The lowest BCUT2D eigenvalue weighted by Crippen LogP contribution is -2.10. The molecule has 0 amide bonds. The van der Waals surface area contributed by atoms with Gasteiger partial charge in [0.15, 0.2) is 0 Å². The summed E-state index contributed by atoms with van der Waals surface area (Å²) in [6.07, 6.45) is 1.97. The summed E-state index contributed by atoms with van der Waals surface area (Å²) >= 11 is 0. The fourth-order valence-corrected chi connectivity index (χ4v) is 1.49. The molecule has 1 aromatic carbocycles. The topological polar surface area (TPSA) is 12.4 Å². The van der Waals surface area contributed by atoms with Crippen LogP contribution < -0.4 is 0 Å². The number of aliphatic imine (C=N–C) groups is 1. The molecule has 0 radical (unpaired) electrons. The minimum absolute atomic E-state index is 0.205. The second kappa shape index (κ2) is 4.43. The molecule has 0 saturated heterocycles. The Hall–Kier alpha value is -1.37. The minimum Gasteiger partial charge on any atom is -0.264 e. The molecule has 0 fully saturated rings. The molecule has 0 heterocycles. The molecular weight excluding hydrogens is 182 g/mol. The summed E-state index contributed by atoms with van der Waals surface area (Å²) in [5.74, 6) is 0. The van der Waals surface area contributed by atoms with E-state index >= 15 is 0 Å². The monoisotopic (exact) mass is 201 g/mol. The van der Waals surface area contributed by atoms with Gasteiger partial charge in [-0.2, -0.15) is 0 Å². The van der Waals surface area contributed by atoms with Gasteiger partial charge in [0, 0.05) is 0 Å². The van der Waals surface area contributed by atoms with Crippen molar-refractivity contribution in [1.82, 2.24) is 0 Å². The van der Waals surface area contributed by atoms with Gasteiger partial charge >= 0.3 is 0 Å². The van der Waals surface area contributed by atoms with Gasteiger partial charge in [-0.15, -0.1) is 0 Å². The highest BCUT2D eigenvalue weighted by molar-refractivity contribution is 5.67. The molecule has 0 spiro atoms. The SMILES string of the molecule is C=N/C(=C\C)c1ccc(C(C)(C)C)cc1. The van der Waals surface area contributed by atoms with Gasteiger partial charge in [0.2, 0.25) is 0 Å². The maximum absolute atomic E-state index is 3.98. The maximum Gasteiger partial charge on any atom is 0.0652 e. The molecule has 0 aromatic heterocycles. The van der Waals surface area contributed by atoms with Crippen molar-refractivity contribution in [2.75, 3.05) is 0 Å². The van der Waals surface area contributed by atoms with Crippen LogP contribution >= 0.6 is 0 Å². The van der Waals surface area contributed by atoms with Gasteiger partial charge in [0.05, 0.1) is 5.70 Å². The highest BCUT2D eigenvalue weighted by atomic mass is 14.7. The van der Waals surface area contributed by atoms with Crippen molar-refractivity contribution in [3.8, 4) is 0 Å². The van der Waals surface area contributed by atoms with E-state index in [9.17, 15) is 0 Å². The smallest absolute Gasteiger partial charge is 0.0652 e. The van der Waals surface area contributed by atoms with Crippen molar-refractivity contribution >= 4 is 12.4 Å². The Kier molecular flexibility index (Phi) is 3.46. The molecule has 0 aliphatic carbocycles. The molecule has 0 saturated carbocycles. The van der Waals surface area contributed by atoms with Crippen LogP contribution in [0.5, 0.6) is 0 Å². The second-order valence-corrected chi connectivity index (χ2v) is 4.66. The molecule has 0 aliphatic rings. The second-order valence-electron chi connectivity index (χ2n) is 4.66. The number of allylic oxidation sites excluding steroid dienone is 1. The van der Waals surface area contributed by atoms with Gasteiger partial charge in [-0.05, 0) is 30.2 Å². The third kappa shape index (κ3) is 2.79. The van der Waals surface area contributed by atoms with E-state index < -0.39 is 0 Å². The molecule has 1 nitrogen and oxygen atoms in total. The largest absolute Gasteiger partial charge is 0.264 e. The zero-order valence-electron chi connectivity index (χ0n) is 10.0. The highest BCUT2D eigenvalue weighted by Gasteiger charge is 2.12. The van der Waals surface area contributed by atoms with Gasteiger partial charge < -0.3 is 0 Å². The van der Waals surface area contributed by atoms with E-state index in [1.54, 1.807) is 0 Å². The standard InChI is InChI=1S/C14H19N/c1-6-13(15-5)11-7-9-12(10-8-11)14(2,3)4/h6-10H,5H2,1-4H3/b13-6-. The summed E-state index contributed by atoms with van der Waals surface area (Å²) in [4.78, 5) is 3.98. The molecule has 1 aromatic rings. The van der Waals surface area contributed by atoms with E-state index in [-0.39, 0.29) is 5.41 Å². The Balaban J connectivity index is 3.05. The zero-order valence-corrected chi connectivity index (χ0v) is 10.0. The maximum atomic E-state index is 3.98. The Morgan fingerprint density at radius 2 is 1.73 bits per heavy atom. The average Bonchev–Trinajstić information content (AvgIpc) is 2.19. The summed E-state index contributed by atoms with van der Waals surface area (Å²) in [7, 11) is 0. The van der Waals surface area contributed by atoms with Crippen LogP contribution in [0.25, 0.3) is 5.70 Å². The fourth-order valence-electron chi connectivity index (χ4n) is 1.49. The molecule has 0 unspecified atom stereocenters. The van der Waals surface area contributed by atoms with Crippen LogP contribution in [0, 0.1) is 0 Å². The number of hydrogen-bond donors (Lipinski definition) is 0. The van der Waals surface area contributed by atoms with Crippen LogP contribution in [0.3, 0.4) is 0 Å². The first-order valence-electron chi connectivity index (χ1n) is 5.23. The van der Waals surface area contributed by atoms with E-state index in [2.05, 4.69) is 56.7 Å². The third-order valence-electron chi connectivity index (χ3n) is 2.49. The zero-order chi connectivity index (χ0) is 11.5. The summed E-state index contributed by atoms with van der Waals surface area (Å²) in [6.45, 7) is 12.2. The predicted molar refractivity (Wildman–Crippen MR) is 68.3 cm³/mol. The summed E-state index contributed by atoms with van der Waals surface area (Å²) in [5.41, 5.74) is 3.61. The van der Waals surface area contributed by atoms with Crippen molar-refractivity contribution in [2.24, 2.45) is 4.99 Å². The van der Waals surface area contributed by atoms with Crippen LogP contribution in [0.1, 0.15) is 38.8 Å². The molecule has 0 aliphatic heterocycles. The van der Waals surface area contributed by atoms with E-state index in [0.29, 0.717) is 0 Å². The minimum atomic E-state index is 0.205. The van der Waals surface area contributed by atoms with E-state index in [0.717, 1.165) is 11.3 Å². The van der Waals surface area contributed by atoms with Crippen LogP contribution in [-0.2, 0) is 5.41 Å². The summed E-state index contributed by atoms with van der Waals surface area (Å²) in [5, 5.41) is 0. The number of hydrogen-bond acceptors (Lipinski definition) is 1. The molecule has 0 atom stereocenters. The van der Waals surface area contributed by atoms with Gasteiger partial charge in [0.1, 0.15) is 0 Å². The average molecular weight is 201 g/mol. The molecule has 0 bridgehead atoms. The lowest BCUT2D eigenvalue weighted by Gasteiger charge is -2.19. The third-order valence-corrected chi connectivity index (χ3v) is 2.49. The van der Waals surface area contributed by atoms with Crippen molar-refractivity contribution in [3.05, 3.63) is 41.5 Å².